The van der Waals surface area contributed by atoms with Crippen LogP contribution < -0.4 is 0 Å². The fraction of sp³-hybridized carbons (Fsp3) is 0.667. The highest BCUT2D eigenvalue weighted by molar-refractivity contribution is 7.92. The molecule has 0 aliphatic heterocycles. The van der Waals surface area contributed by atoms with Gasteiger partial charge in [-0.2, -0.15) is 5.10 Å². The normalized spacial score (nSPS) is 13.6. The first-order valence-corrected chi connectivity index (χ1v) is 7.29. The van der Waals surface area contributed by atoms with E-state index in [1.54, 1.807) is 0 Å². The lowest BCUT2D eigenvalue weighted by molar-refractivity contribution is -0.388. The fourth-order valence-electron chi connectivity index (χ4n) is 1.65. The Bertz CT molecular complexity index is 567. The molecule has 1 unspecified atom stereocenters. The molecule has 1 heterocycles. The van der Waals surface area contributed by atoms with Gasteiger partial charge < -0.3 is 0 Å². The number of halogens is 1. The molecule has 0 N–H and O–H groups in total. The molecule has 0 radical (unpaired) electrons. The van der Waals surface area contributed by atoms with Crippen molar-refractivity contribution in [3.8, 4) is 0 Å². The minimum Gasteiger partial charge on any atom is -0.258 e. The molecule has 7 nitrogen and oxygen atoms in total. The Morgan fingerprint density at radius 2 is 2.11 bits per heavy atom. The van der Waals surface area contributed by atoms with Gasteiger partial charge in [-0.05, 0) is 20.3 Å². The van der Waals surface area contributed by atoms with E-state index in [0.717, 1.165) is 4.68 Å². The van der Waals surface area contributed by atoms with Crippen molar-refractivity contribution in [2.75, 3.05) is 5.88 Å². The summed E-state index contributed by atoms with van der Waals surface area (Å²) in [5.74, 6) is 0.172. The van der Waals surface area contributed by atoms with E-state index in [4.69, 9.17) is 11.6 Å². The first kappa shape index (κ1) is 14.9. The molecular formula is C9H14ClN3O4S. The molecule has 18 heavy (non-hydrogen) atoms. The Morgan fingerprint density at radius 3 is 2.56 bits per heavy atom. The summed E-state index contributed by atoms with van der Waals surface area (Å²) in [5, 5.41) is 13.6. The lowest BCUT2D eigenvalue weighted by Crippen LogP contribution is -2.22. The van der Waals surface area contributed by atoms with Crippen LogP contribution in [0, 0.1) is 17.0 Å². The molecule has 1 aromatic heterocycles. The maximum Gasteiger partial charge on any atom is 0.328 e. The number of aromatic nitrogens is 2. The molecular weight excluding hydrogens is 282 g/mol. The van der Waals surface area contributed by atoms with Crippen molar-refractivity contribution < 1.29 is 13.3 Å². The van der Waals surface area contributed by atoms with Crippen LogP contribution in [0.2, 0.25) is 0 Å². The zero-order valence-electron chi connectivity index (χ0n) is 10.3. The Labute approximate surface area is 110 Å². The third kappa shape index (κ3) is 2.49. The van der Waals surface area contributed by atoms with Crippen LogP contribution in [-0.2, 0) is 16.9 Å². The van der Waals surface area contributed by atoms with Crippen molar-refractivity contribution in [1.29, 1.82) is 0 Å². The quantitative estimate of drug-likeness (QED) is 0.465. The van der Waals surface area contributed by atoms with Crippen molar-refractivity contribution in [1.82, 2.24) is 9.78 Å². The topological polar surface area (TPSA) is 95.1 Å². The Hall–Kier alpha value is -1.15. The van der Waals surface area contributed by atoms with Crippen LogP contribution in [0.15, 0.2) is 5.03 Å². The number of alkyl halides is 1. The van der Waals surface area contributed by atoms with Gasteiger partial charge in [0.25, 0.3) is 0 Å². The second-order valence-corrected chi connectivity index (χ2v) is 6.61. The van der Waals surface area contributed by atoms with Gasteiger partial charge in [-0.25, -0.2) is 8.42 Å². The molecule has 0 saturated carbocycles. The van der Waals surface area contributed by atoms with E-state index in [9.17, 15) is 18.5 Å². The second-order valence-electron chi connectivity index (χ2n) is 3.95. The molecule has 1 atom stereocenters. The number of sulfone groups is 1. The van der Waals surface area contributed by atoms with E-state index in [1.807, 2.05) is 0 Å². The molecule has 0 spiro atoms. The van der Waals surface area contributed by atoms with Crippen LogP contribution in [0.3, 0.4) is 0 Å². The molecule has 0 saturated heterocycles. The highest BCUT2D eigenvalue weighted by Gasteiger charge is 2.36. The predicted octanol–water partition coefficient (Wildman–Crippen LogP) is 1.43. The van der Waals surface area contributed by atoms with Gasteiger partial charge in [-0.15, -0.1) is 11.6 Å². The molecule has 1 aromatic rings. The van der Waals surface area contributed by atoms with E-state index in [2.05, 4.69) is 5.10 Å². The van der Waals surface area contributed by atoms with Crippen LogP contribution in [0.1, 0.15) is 19.0 Å². The van der Waals surface area contributed by atoms with Crippen LogP contribution >= 0.6 is 11.6 Å². The average Bonchev–Trinajstić information content (AvgIpc) is 2.54. The minimum absolute atomic E-state index is 0.0825. The van der Waals surface area contributed by atoms with Crippen LogP contribution in [0.4, 0.5) is 5.69 Å². The number of rotatable bonds is 5. The van der Waals surface area contributed by atoms with Gasteiger partial charge in [0.15, 0.2) is 0 Å². The molecule has 0 bridgehead atoms. The van der Waals surface area contributed by atoms with E-state index in [0.29, 0.717) is 0 Å². The lowest BCUT2D eigenvalue weighted by atomic mass is 10.4. The van der Waals surface area contributed by atoms with Crippen molar-refractivity contribution in [3.05, 3.63) is 15.8 Å². The smallest absolute Gasteiger partial charge is 0.258 e. The maximum absolute atomic E-state index is 12.3. The molecule has 102 valence electrons. The van der Waals surface area contributed by atoms with Crippen molar-refractivity contribution in [2.24, 2.45) is 7.05 Å². The Kier molecular flexibility index (Phi) is 4.33. The number of aryl methyl sites for hydroxylation is 2. The highest BCUT2D eigenvalue weighted by Crippen LogP contribution is 2.30. The van der Waals surface area contributed by atoms with Gasteiger partial charge >= 0.3 is 5.69 Å². The third-order valence-electron chi connectivity index (χ3n) is 2.64. The molecule has 0 aliphatic carbocycles. The summed E-state index contributed by atoms with van der Waals surface area (Å²) in [5.41, 5.74) is -0.377. The monoisotopic (exact) mass is 295 g/mol. The van der Waals surface area contributed by atoms with Gasteiger partial charge in [0.1, 0.15) is 5.69 Å². The van der Waals surface area contributed by atoms with E-state index in [-0.39, 0.29) is 23.0 Å². The largest absolute Gasteiger partial charge is 0.328 e. The summed E-state index contributed by atoms with van der Waals surface area (Å²) in [6.07, 6.45) is 0.227. The van der Waals surface area contributed by atoms with Crippen molar-refractivity contribution in [2.45, 2.75) is 30.5 Å². The van der Waals surface area contributed by atoms with E-state index >= 15 is 0 Å². The summed E-state index contributed by atoms with van der Waals surface area (Å²) in [6.45, 7) is 2.88. The summed E-state index contributed by atoms with van der Waals surface area (Å²) in [7, 11) is -2.44. The molecule has 1 rings (SSSR count). The van der Waals surface area contributed by atoms with Gasteiger partial charge in [-0.1, -0.05) is 0 Å². The summed E-state index contributed by atoms with van der Waals surface area (Å²) in [4.78, 5) is 10.2. The van der Waals surface area contributed by atoms with Gasteiger partial charge in [0.2, 0.25) is 14.9 Å². The SMILES string of the molecule is Cc1nn(C)c(S(=O)(=O)C(C)CCCl)c1[N+](=O)[O-]. The number of hydrogen-bond donors (Lipinski definition) is 0. The Balaban J connectivity index is 3.46. The average molecular weight is 296 g/mol. The summed E-state index contributed by atoms with van der Waals surface area (Å²) in [6, 6.07) is 0. The Morgan fingerprint density at radius 1 is 1.56 bits per heavy atom. The summed E-state index contributed by atoms with van der Waals surface area (Å²) >= 11 is 5.52. The van der Waals surface area contributed by atoms with Crippen LogP contribution in [0.25, 0.3) is 0 Å². The standard InChI is InChI=1S/C9H14ClN3O4S/c1-6(4-5-10)18(16,17)9-8(13(14)15)7(2)11-12(9)3/h6H,4-5H2,1-3H3. The van der Waals surface area contributed by atoms with Gasteiger partial charge in [-0.3, -0.25) is 14.8 Å². The van der Waals surface area contributed by atoms with Crippen LogP contribution in [-0.4, -0.2) is 34.3 Å². The van der Waals surface area contributed by atoms with Crippen molar-refractivity contribution >= 4 is 27.1 Å². The molecule has 0 amide bonds. The second kappa shape index (κ2) is 5.23. The highest BCUT2D eigenvalue weighted by atomic mass is 35.5. The van der Waals surface area contributed by atoms with Gasteiger partial charge in [0.05, 0.1) is 10.2 Å². The number of nitrogens with zero attached hydrogens (tertiary/aromatic N) is 3. The summed E-state index contributed by atoms with van der Waals surface area (Å²) < 4.78 is 25.6. The number of nitro groups is 1. The number of hydrogen-bond acceptors (Lipinski definition) is 5. The predicted molar refractivity (Wildman–Crippen MR) is 66.6 cm³/mol. The third-order valence-corrected chi connectivity index (χ3v) is 5.15. The first-order valence-electron chi connectivity index (χ1n) is 5.21. The maximum atomic E-state index is 12.3. The lowest BCUT2D eigenvalue weighted by Gasteiger charge is -2.10. The zero-order chi connectivity index (χ0) is 14.1. The van der Waals surface area contributed by atoms with Crippen LogP contribution in [0.5, 0.6) is 0 Å². The van der Waals surface area contributed by atoms with Crippen molar-refractivity contribution in [3.63, 3.8) is 0 Å². The fourth-order valence-corrected chi connectivity index (χ4v) is 3.82. The zero-order valence-corrected chi connectivity index (χ0v) is 11.8. The molecule has 0 fully saturated rings. The van der Waals surface area contributed by atoms with Gasteiger partial charge in [0, 0.05) is 12.9 Å². The minimum atomic E-state index is -3.81. The van der Waals surface area contributed by atoms with E-state index < -0.39 is 25.7 Å². The molecule has 0 aliphatic rings. The first-order chi connectivity index (χ1) is 8.23. The molecule has 0 aromatic carbocycles. The van der Waals surface area contributed by atoms with E-state index in [1.165, 1.54) is 20.9 Å². The molecule has 9 heteroatoms.